The van der Waals surface area contributed by atoms with Crippen LogP contribution in [0, 0.1) is 10.1 Å². The molecule has 0 aliphatic carbocycles. The summed E-state index contributed by atoms with van der Waals surface area (Å²) in [6, 6.07) is 5.76. The second kappa shape index (κ2) is 5.99. The Hall–Kier alpha value is -1.31. The molecule has 0 saturated carbocycles. The highest BCUT2D eigenvalue weighted by Gasteiger charge is 2.49. The highest BCUT2D eigenvalue weighted by molar-refractivity contribution is 8.00. The summed E-state index contributed by atoms with van der Waals surface area (Å²) >= 11 is 1.57. The van der Waals surface area contributed by atoms with Crippen LogP contribution >= 0.6 is 11.8 Å². The van der Waals surface area contributed by atoms with E-state index in [1.807, 2.05) is 13.8 Å². The van der Waals surface area contributed by atoms with E-state index in [9.17, 15) is 20.0 Å². The average molecular weight is 319 g/mol. The van der Waals surface area contributed by atoms with E-state index in [4.69, 9.17) is 0 Å². The SMILES string of the molecule is CC1(C)SC(c2ccc([N+](=O)[O-])cc2)[NH2+]C1C(=O)O.[Cl-]. The Morgan fingerprint density at radius 3 is 2.35 bits per heavy atom. The number of nitrogens with two attached hydrogens (primary N) is 1. The van der Waals surface area contributed by atoms with Gasteiger partial charge in [0.1, 0.15) is 0 Å². The molecule has 1 saturated heterocycles. The molecule has 2 rings (SSSR count). The average Bonchev–Trinajstić information content (AvgIpc) is 2.65. The lowest BCUT2D eigenvalue weighted by molar-refractivity contribution is -0.690. The third-order valence-corrected chi connectivity index (χ3v) is 4.79. The Morgan fingerprint density at radius 1 is 1.40 bits per heavy atom. The second-order valence-electron chi connectivity index (χ2n) is 5.00. The van der Waals surface area contributed by atoms with Crippen molar-refractivity contribution in [3.63, 3.8) is 0 Å². The first-order chi connectivity index (χ1) is 8.81. The highest BCUT2D eigenvalue weighted by atomic mass is 35.5. The van der Waals surface area contributed by atoms with Crippen molar-refractivity contribution < 1.29 is 32.5 Å². The Kier molecular flexibility index (Phi) is 5.01. The number of aliphatic carboxylic acids is 1. The molecule has 0 aromatic heterocycles. The van der Waals surface area contributed by atoms with Crippen LogP contribution in [0.5, 0.6) is 0 Å². The molecule has 0 bridgehead atoms. The van der Waals surface area contributed by atoms with Gasteiger partial charge < -0.3 is 22.8 Å². The molecule has 8 heteroatoms. The summed E-state index contributed by atoms with van der Waals surface area (Å²) in [5.41, 5.74) is 0.938. The number of hydrogen-bond donors (Lipinski definition) is 2. The predicted molar refractivity (Wildman–Crippen MR) is 70.9 cm³/mol. The number of rotatable bonds is 3. The molecule has 20 heavy (non-hydrogen) atoms. The van der Waals surface area contributed by atoms with Crippen LogP contribution in [0.3, 0.4) is 0 Å². The van der Waals surface area contributed by atoms with Crippen molar-refractivity contribution in [2.24, 2.45) is 0 Å². The highest BCUT2D eigenvalue weighted by Crippen LogP contribution is 2.41. The summed E-state index contributed by atoms with van der Waals surface area (Å²) in [4.78, 5) is 21.4. The van der Waals surface area contributed by atoms with Gasteiger partial charge in [-0.3, -0.25) is 10.1 Å². The Morgan fingerprint density at radius 2 is 1.95 bits per heavy atom. The number of quaternary nitrogens is 1. The van der Waals surface area contributed by atoms with Crippen LogP contribution in [0.1, 0.15) is 24.8 Å². The van der Waals surface area contributed by atoms with E-state index in [0.29, 0.717) is 0 Å². The van der Waals surface area contributed by atoms with Crippen molar-refractivity contribution in [3.05, 3.63) is 39.9 Å². The van der Waals surface area contributed by atoms with E-state index < -0.39 is 16.9 Å². The van der Waals surface area contributed by atoms with Crippen molar-refractivity contribution in [2.75, 3.05) is 0 Å². The monoisotopic (exact) mass is 318 g/mol. The molecule has 1 aliphatic heterocycles. The van der Waals surface area contributed by atoms with Crippen LogP contribution in [0.2, 0.25) is 0 Å². The van der Waals surface area contributed by atoms with Gasteiger partial charge in [-0.2, -0.15) is 0 Å². The van der Waals surface area contributed by atoms with Gasteiger partial charge in [-0.25, -0.2) is 4.79 Å². The largest absolute Gasteiger partial charge is 1.00 e. The Bertz CT molecular complexity index is 521. The van der Waals surface area contributed by atoms with E-state index in [2.05, 4.69) is 0 Å². The molecule has 110 valence electrons. The normalized spacial score (nSPS) is 23.9. The van der Waals surface area contributed by atoms with Gasteiger partial charge >= 0.3 is 5.97 Å². The van der Waals surface area contributed by atoms with Crippen LogP contribution < -0.4 is 17.7 Å². The zero-order chi connectivity index (χ0) is 14.2. The summed E-state index contributed by atoms with van der Waals surface area (Å²) < 4.78 is -0.377. The van der Waals surface area contributed by atoms with Gasteiger partial charge in [0.25, 0.3) is 5.69 Å². The van der Waals surface area contributed by atoms with E-state index in [-0.39, 0.29) is 28.2 Å². The third kappa shape index (κ3) is 3.23. The van der Waals surface area contributed by atoms with E-state index in [1.54, 1.807) is 29.2 Å². The minimum absolute atomic E-state index is 0. The molecule has 1 fully saturated rings. The first kappa shape index (κ1) is 16.7. The number of benzene rings is 1. The molecule has 0 spiro atoms. The van der Waals surface area contributed by atoms with Crippen molar-refractivity contribution in [2.45, 2.75) is 30.0 Å². The molecule has 0 radical (unpaired) electrons. The number of nitro benzene ring substituents is 1. The summed E-state index contributed by atoms with van der Waals surface area (Å²) in [5.74, 6) is -0.832. The number of thioether (sulfide) groups is 1. The molecule has 3 N–H and O–H groups in total. The van der Waals surface area contributed by atoms with Crippen LogP contribution in [0.4, 0.5) is 5.69 Å². The molecular weight excluding hydrogens is 304 g/mol. The number of halogens is 1. The third-order valence-electron chi connectivity index (χ3n) is 3.25. The first-order valence-electron chi connectivity index (χ1n) is 5.81. The zero-order valence-electron chi connectivity index (χ0n) is 10.9. The molecule has 2 unspecified atom stereocenters. The lowest BCUT2D eigenvalue weighted by Crippen LogP contribution is -3.00. The topological polar surface area (TPSA) is 97.0 Å². The smallest absolute Gasteiger partial charge is 0.363 e. The zero-order valence-corrected chi connectivity index (χ0v) is 12.5. The molecule has 1 aromatic rings. The number of non-ortho nitro benzene ring substituents is 1. The number of carboxylic acid groups (broad SMARTS) is 1. The van der Waals surface area contributed by atoms with Crippen LogP contribution in [0.15, 0.2) is 24.3 Å². The van der Waals surface area contributed by atoms with Gasteiger partial charge in [0, 0.05) is 17.7 Å². The predicted octanol–water partition coefficient (Wildman–Crippen LogP) is -1.86. The summed E-state index contributed by atoms with van der Waals surface area (Å²) in [6.45, 7) is 3.80. The van der Waals surface area contributed by atoms with Crippen molar-refractivity contribution in [1.82, 2.24) is 0 Å². The van der Waals surface area contributed by atoms with Gasteiger partial charge in [0.15, 0.2) is 11.4 Å². The van der Waals surface area contributed by atoms with Crippen LogP contribution in [0.25, 0.3) is 0 Å². The van der Waals surface area contributed by atoms with E-state index >= 15 is 0 Å². The molecule has 1 heterocycles. The lowest BCUT2D eigenvalue weighted by Gasteiger charge is -2.16. The first-order valence-corrected chi connectivity index (χ1v) is 6.69. The van der Waals surface area contributed by atoms with Gasteiger partial charge in [0.05, 0.1) is 9.67 Å². The second-order valence-corrected chi connectivity index (χ2v) is 6.79. The summed E-state index contributed by atoms with van der Waals surface area (Å²) in [6.07, 6.45) is 0. The Labute approximate surface area is 126 Å². The Balaban J connectivity index is 0.00000200. The molecule has 2 atom stereocenters. The standard InChI is InChI=1S/C12H14N2O4S.ClH/c1-12(2)9(11(15)16)13-10(19-12)7-3-5-8(6-4-7)14(17)18;/h3-6,9-10,13H,1-2H3,(H,15,16);1H. The molecule has 6 nitrogen and oxygen atoms in total. The summed E-state index contributed by atoms with van der Waals surface area (Å²) in [7, 11) is 0. The van der Waals surface area contributed by atoms with Gasteiger partial charge in [0.2, 0.25) is 0 Å². The molecular formula is C12H15ClN2O4S. The van der Waals surface area contributed by atoms with Gasteiger partial charge in [-0.1, -0.05) is 11.8 Å². The van der Waals surface area contributed by atoms with Crippen molar-refractivity contribution in [1.29, 1.82) is 0 Å². The minimum atomic E-state index is -0.832. The van der Waals surface area contributed by atoms with Gasteiger partial charge in [-0.05, 0) is 26.0 Å². The number of nitrogens with zero attached hydrogens (tertiary/aromatic N) is 1. The molecule has 0 amide bonds. The van der Waals surface area contributed by atoms with Crippen LogP contribution in [-0.4, -0.2) is 26.8 Å². The van der Waals surface area contributed by atoms with Crippen molar-refractivity contribution in [3.8, 4) is 0 Å². The van der Waals surface area contributed by atoms with E-state index in [0.717, 1.165) is 5.56 Å². The fourth-order valence-corrected chi connectivity index (χ4v) is 3.70. The fraction of sp³-hybridized carbons (Fsp3) is 0.417. The minimum Gasteiger partial charge on any atom is -1.00 e. The summed E-state index contributed by atoms with van der Waals surface area (Å²) in [5, 5.41) is 21.5. The maximum atomic E-state index is 11.2. The maximum absolute atomic E-state index is 11.2. The van der Waals surface area contributed by atoms with Crippen molar-refractivity contribution >= 4 is 23.4 Å². The number of carboxylic acids is 1. The number of nitro groups is 1. The van der Waals surface area contributed by atoms with E-state index in [1.165, 1.54) is 12.1 Å². The quantitative estimate of drug-likeness (QED) is 0.503. The lowest BCUT2D eigenvalue weighted by atomic mass is 10.0. The molecule has 1 aromatic carbocycles. The number of carbonyl (C=O) groups is 1. The van der Waals surface area contributed by atoms with Gasteiger partial charge in [-0.15, -0.1) is 0 Å². The maximum Gasteiger partial charge on any atom is 0.363 e. The number of hydrogen-bond acceptors (Lipinski definition) is 4. The fourth-order valence-electron chi connectivity index (χ4n) is 2.19. The van der Waals surface area contributed by atoms with Crippen LogP contribution in [-0.2, 0) is 4.79 Å². The molecule has 1 aliphatic rings.